The summed E-state index contributed by atoms with van der Waals surface area (Å²) in [5, 5.41) is 2.91. The van der Waals surface area contributed by atoms with E-state index in [1.807, 2.05) is 18.2 Å². The summed E-state index contributed by atoms with van der Waals surface area (Å²) < 4.78 is 13.1. The van der Waals surface area contributed by atoms with E-state index in [1.54, 1.807) is 0 Å². The van der Waals surface area contributed by atoms with Gasteiger partial charge in [-0.25, -0.2) is 4.39 Å². The first-order valence-corrected chi connectivity index (χ1v) is 10.8. The Bertz CT molecular complexity index is 1090. The van der Waals surface area contributed by atoms with E-state index in [1.165, 1.54) is 46.7 Å². The van der Waals surface area contributed by atoms with Crippen molar-refractivity contribution in [2.75, 3.05) is 18.4 Å². The lowest BCUT2D eigenvalue weighted by Crippen LogP contribution is -2.26. The monoisotopic (exact) mass is 414 g/mol. The minimum atomic E-state index is -0.351. The van der Waals surface area contributed by atoms with Crippen molar-refractivity contribution in [3.8, 4) is 0 Å². The molecule has 1 amide bonds. The molecular formula is C27H27FN2O. The first-order chi connectivity index (χ1) is 15.1. The molecule has 3 aromatic rings. The molecule has 1 aliphatic rings. The molecule has 0 aromatic heterocycles. The Balaban J connectivity index is 1.40. The number of hydrogen-bond donors (Lipinski definition) is 1. The zero-order valence-corrected chi connectivity index (χ0v) is 17.8. The molecule has 0 bridgehead atoms. The molecule has 4 rings (SSSR count). The van der Waals surface area contributed by atoms with Gasteiger partial charge in [-0.15, -0.1) is 0 Å². The van der Waals surface area contributed by atoms with E-state index in [0.717, 1.165) is 38.0 Å². The molecule has 0 saturated carbocycles. The molecule has 3 aromatic carbocycles. The van der Waals surface area contributed by atoms with Crippen molar-refractivity contribution in [2.24, 2.45) is 0 Å². The third-order valence-corrected chi connectivity index (χ3v) is 5.61. The van der Waals surface area contributed by atoms with Gasteiger partial charge in [0.15, 0.2) is 0 Å². The highest BCUT2D eigenvalue weighted by Crippen LogP contribution is 2.27. The zero-order chi connectivity index (χ0) is 21.6. The molecule has 0 heterocycles. The first-order valence-electron chi connectivity index (χ1n) is 10.8. The maximum atomic E-state index is 13.1. The van der Waals surface area contributed by atoms with E-state index in [0.29, 0.717) is 5.56 Å². The fourth-order valence-electron chi connectivity index (χ4n) is 4.01. The number of nitrogens with zero attached hydrogens (tertiary/aromatic N) is 1. The Hall–Kier alpha value is -3.40. The number of allylic oxidation sites excluding steroid dienone is 1. The largest absolute Gasteiger partial charge is 0.374 e. The second-order valence-electron chi connectivity index (χ2n) is 7.91. The second-order valence-corrected chi connectivity index (χ2v) is 7.91. The van der Waals surface area contributed by atoms with Crippen molar-refractivity contribution in [3.63, 3.8) is 0 Å². The van der Waals surface area contributed by atoms with Crippen molar-refractivity contribution in [1.82, 2.24) is 4.90 Å². The van der Waals surface area contributed by atoms with Gasteiger partial charge in [0.2, 0.25) is 0 Å². The second kappa shape index (κ2) is 9.61. The van der Waals surface area contributed by atoms with Crippen molar-refractivity contribution in [3.05, 3.63) is 107 Å². The molecule has 0 saturated heterocycles. The summed E-state index contributed by atoms with van der Waals surface area (Å²) in [6.07, 6.45) is 5.30. The Morgan fingerprint density at radius 2 is 1.81 bits per heavy atom. The Morgan fingerprint density at radius 1 is 1.00 bits per heavy atom. The smallest absolute Gasteiger partial charge is 0.255 e. The number of carbonyl (C=O) groups excluding carboxylic acids is 1. The molecule has 0 atom stereocenters. The van der Waals surface area contributed by atoms with Gasteiger partial charge in [-0.1, -0.05) is 43.3 Å². The predicted molar refractivity (Wildman–Crippen MR) is 124 cm³/mol. The van der Waals surface area contributed by atoms with Crippen LogP contribution in [0.3, 0.4) is 0 Å². The van der Waals surface area contributed by atoms with Gasteiger partial charge in [0, 0.05) is 36.5 Å². The third-order valence-electron chi connectivity index (χ3n) is 5.61. The predicted octanol–water partition coefficient (Wildman–Crippen LogP) is 5.93. The molecular weight excluding hydrogens is 387 g/mol. The van der Waals surface area contributed by atoms with Gasteiger partial charge < -0.3 is 10.2 Å². The van der Waals surface area contributed by atoms with Gasteiger partial charge in [-0.3, -0.25) is 4.79 Å². The van der Waals surface area contributed by atoms with Crippen LogP contribution in [0.2, 0.25) is 0 Å². The Labute approximate surface area is 183 Å². The maximum absolute atomic E-state index is 13.1. The number of halogens is 1. The van der Waals surface area contributed by atoms with Crippen LogP contribution in [-0.4, -0.2) is 23.9 Å². The van der Waals surface area contributed by atoms with Gasteiger partial charge in [0.25, 0.3) is 5.91 Å². The van der Waals surface area contributed by atoms with Crippen LogP contribution in [0, 0.1) is 5.82 Å². The quantitative estimate of drug-likeness (QED) is 0.495. The summed E-state index contributed by atoms with van der Waals surface area (Å²) in [6.45, 7) is 4.17. The topological polar surface area (TPSA) is 32.3 Å². The minimum absolute atomic E-state index is 0.237. The summed E-state index contributed by atoms with van der Waals surface area (Å²) in [5.74, 6) is -0.589. The fourth-order valence-corrected chi connectivity index (χ4v) is 4.01. The highest BCUT2D eigenvalue weighted by molar-refractivity contribution is 6.04. The number of nitrogens with one attached hydrogen (secondary N) is 1. The van der Waals surface area contributed by atoms with Gasteiger partial charge in [-0.05, 0) is 72.0 Å². The molecule has 158 valence electrons. The molecule has 0 unspecified atom stereocenters. The Morgan fingerprint density at radius 3 is 2.58 bits per heavy atom. The highest BCUT2D eigenvalue weighted by atomic mass is 19.1. The van der Waals surface area contributed by atoms with E-state index in [9.17, 15) is 9.18 Å². The zero-order valence-electron chi connectivity index (χ0n) is 17.8. The van der Waals surface area contributed by atoms with E-state index >= 15 is 0 Å². The first kappa shape index (κ1) is 20.9. The normalized spacial score (nSPS) is 12.3. The van der Waals surface area contributed by atoms with Crippen LogP contribution >= 0.6 is 0 Å². The van der Waals surface area contributed by atoms with Gasteiger partial charge in [-0.2, -0.15) is 0 Å². The van der Waals surface area contributed by atoms with Crippen LogP contribution < -0.4 is 5.32 Å². The summed E-state index contributed by atoms with van der Waals surface area (Å²) >= 11 is 0. The fraction of sp³-hybridized carbons (Fsp3) is 0.222. The van der Waals surface area contributed by atoms with Gasteiger partial charge in [0.1, 0.15) is 5.82 Å². The van der Waals surface area contributed by atoms with Gasteiger partial charge in [0.05, 0.1) is 0 Å². The molecule has 0 fully saturated rings. The van der Waals surface area contributed by atoms with E-state index in [4.69, 9.17) is 0 Å². The lowest BCUT2D eigenvalue weighted by Gasteiger charge is -2.26. The van der Waals surface area contributed by atoms with Crippen molar-refractivity contribution in [1.29, 1.82) is 0 Å². The SMILES string of the molecule is CCCN(CCc1cccc(NC(=O)c2ccc(F)cc2)c1)C1=Cc2ccccc2C1. The standard InChI is InChI=1S/C27H27FN2O/c1-2-15-30(26-18-22-7-3-4-8-23(22)19-26)16-14-20-6-5-9-25(17-20)29-27(31)21-10-12-24(28)13-11-21/h3-13,17-18H,2,14-16,19H2,1H3,(H,29,31). The number of rotatable bonds is 8. The number of fused-ring (bicyclic) bond motifs is 1. The van der Waals surface area contributed by atoms with Crippen molar-refractivity contribution < 1.29 is 9.18 Å². The van der Waals surface area contributed by atoms with Crippen LogP contribution in [0.1, 0.15) is 40.4 Å². The number of benzene rings is 3. The molecule has 0 spiro atoms. The Kier molecular flexibility index (Phi) is 6.46. The summed E-state index contributed by atoms with van der Waals surface area (Å²) in [7, 11) is 0. The third kappa shape index (κ3) is 5.21. The molecule has 4 heteroatoms. The number of carbonyl (C=O) groups is 1. The minimum Gasteiger partial charge on any atom is -0.374 e. The average molecular weight is 415 g/mol. The average Bonchev–Trinajstić information content (AvgIpc) is 3.21. The number of hydrogen-bond acceptors (Lipinski definition) is 2. The number of amides is 1. The van der Waals surface area contributed by atoms with E-state index in [2.05, 4.69) is 53.5 Å². The summed E-state index contributed by atoms with van der Waals surface area (Å²) in [6, 6.07) is 22.1. The van der Waals surface area contributed by atoms with Crippen LogP contribution in [0.15, 0.2) is 78.5 Å². The van der Waals surface area contributed by atoms with E-state index in [-0.39, 0.29) is 11.7 Å². The van der Waals surface area contributed by atoms with Crippen molar-refractivity contribution in [2.45, 2.75) is 26.2 Å². The molecule has 1 N–H and O–H groups in total. The highest BCUT2D eigenvalue weighted by Gasteiger charge is 2.17. The lowest BCUT2D eigenvalue weighted by molar-refractivity contribution is 0.102. The van der Waals surface area contributed by atoms with Crippen molar-refractivity contribution >= 4 is 17.7 Å². The molecule has 3 nitrogen and oxygen atoms in total. The molecule has 1 aliphatic carbocycles. The molecule has 31 heavy (non-hydrogen) atoms. The van der Waals surface area contributed by atoms with Crippen LogP contribution in [-0.2, 0) is 12.8 Å². The van der Waals surface area contributed by atoms with Crippen LogP contribution in [0.5, 0.6) is 0 Å². The molecule has 0 aliphatic heterocycles. The summed E-state index contributed by atoms with van der Waals surface area (Å²) in [4.78, 5) is 14.9. The van der Waals surface area contributed by atoms with E-state index < -0.39 is 0 Å². The van der Waals surface area contributed by atoms with Gasteiger partial charge >= 0.3 is 0 Å². The maximum Gasteiger partial charge on any atom is 0.255 e. The van der Waals surface area contributed by atoms with Crippen LogP contribution in [0.25, 0.3) is 6.08 Å². The summed E-state index contributed by atoms with van der Waals surface area (Å²) in [5.41, 5.74) is 6.46. The number of anilines is 1. The lowest BCUT2D eigenvalue weighted by atomic mass is 10.1. The molecule has 0 radical (unpaired) electrons. The van der Waals surface area contributed by atoms with Crippen LogP contribution in [0.4, 0.5) is 10.1 Å².